The summed E-state index contributed by atoms with van der Waals surface area (Å²) in [7, 11) is 3.48. The van der Waals surface area contributed by atoms with Crippen molar-refractivity contribution >= 4 is 0 Å². The highest BCUT2D eigenvalue weighted by atomic mass is 16.5. The number of rotatable bonds is 7. The van der Waals surface area contributed by atoms with Gasteiger partial charge in [-0.2, -0.15) is 0 Å². The first kappa shape index (κ1) is 21.4. The summed E-state index contributed by atoms with van der Waals surface area (Å²) in [5.41, 5.74) is 6.46. The van der Waals surface area contributed by atoms with Crippen molar-refractivity contribution in [1.29, 1.82) is 0 Å². The van der Waals surface area contributed by atoms with E-state index in [1.54, 1.807) is 14.2 Å². The van der Waals surface area contributed by atoms with Gasteiger partial charge in [-0.1, -0.05) is 36.4 Å². The molecule has 0 radical (unpaired) electrons. The summed E-state index contributed by atoms with van der Waals surface area (Å²) in [5.74, 6) is 3.42. The minimum absolute atomic E-state index is 0.320. The second-order valence-corrected chi connectivity index (χ2v) is 9.47. The molecule has 0 spiro atoms. The number of hydrogen-bond donors (Lipinski definition) is 0. The van der Waals surface area contributed by atoms with Gasteiger partial charge < -0.3 is 18.9 Å². The van der Waals surface area contributed by atoms with Crippen LogP contribution in [-0.4, -0.2) is 31.8 Å². The van der Waals surface area contributed by atoms with Crippen LogP contribution in [0.4, 0.5) is 0 Å². The number of benzene rings is 3. The Kier molecular flexibility index (Phi) is 5.58. The van der Waals surface area contributed by atoms with E-state index in [1.807, 2.05) is 18.2 Å². The molecule has 2 aliphatic heterocycles. The molecule has 3 aromatic rings. The van der Waals surface area contributed by atoms with Crippen molar-refractivity contribution in [3.63, 3.8) is 0 Å². The van der Waals surface area contributed by atoms with Gasteiger partial charge >= 0.3 is 0 Å². The van der Waals surface area contributed by atoms with Gasteiger partial charge in [0.1, 0.15) is 6.61 Å². The van der Waals surface area contributed by atoms with Crippen molar-refractivity contribution in [3.05, 3.63) is 82.4 Å². The average Bonchev–Trinajstić information content (AvgIpc) is 3.70. The van der Waals surface area contributed by atoms with Gasteiger partial charge in [-0.3, -0.25) is 4.90 Å². The lowest BCUT2D eigenvalue weighted by atomic mass is 9.83. The summed E-state index contributed by atoms with van der Waals surface area (Å²) in [4.78, 5) is 2.57. The first-order valence-electron chi connectivity index (χ1n) is 12.2. The van der Waals surface area contributed by atoms with E-state index in [9.17, 15) is 0 Å². The summed E-state index contributed by atoms with van der Waals surface area (Å²) in [6, 6.07) is 19.3. The van der Waals surface area contributed by atoms with Crippen molar-refractivity contribution in [1.82, 2.24) is 4.90 Å². The standard InChI is InChI=1S/C29H31NO4/c1-31-27-15-21-12-13-30-17-24-20(8-11-26(29(24)32-2)34-22-9-10-22)14-25(30)23(21)16-28(27)33-18-19-6-4-3-5-7-19/h3-8,11,15-16,22,25H,9-10,12-14,17-18H2,1-2H3/t25-/m0/s1. The SMILES string of the molecule is COc1cc2c(cc1OCc1ccccc1)[C@@H]1Cc3ccc(OC4CC4)c(OC)c3CN1CC2. The Hall–Kier alpha value is -3.18. The number of fused-ring (bicyclic) bond motifs is 4. The summed E-state index contributed by atoms with van der Waals surface area (Å²) < 4.78 is 23.9. The molecular weight excluding hydrogens is 426 g/mol. The van der Waals surface area contributed by atoms with Crippen LogP contribution in [0.2, 0.25) is 0 Å². The average molecular weight is 458 g/mol. The molecule has 1 saturated carbocycles. The smallest absolute Gasteiger partial charge is 0.165 e. The zero-order valence-corrected chi connectivity index (χ0v) is 19.9. The zero-order valence-electron chi connectivity index (χ0n) is 19.9. The van der Waals surface area contributed by atoms with E-state index in [2.05, 4.69) is 41.3 Å². The molecule has 0 unspecified atom stereocenters. The third kappa shape index (κ3) is 3.98. The van der Waals surface area contributed by atoms with Crippen molar-refractivity contribution in [2.75, 3.05) is 20.8 Å². The highest BCUT2D eigenvalue weighted by molar-refractivity contribution is 5.55. The summed E-state index contributed by atoms with van der Waals surface area (Å²) in [6.45, 7) is 2.41. The Bertz CT molecular complexity index is 1190. The van der Waals surface area contributed by atoms with Crippen LogP contribution in [0.15, 0.2) is 54.6 Å². The predicted molar refractivity (Wildman–Crippen MR) is 131 cm³/mol. The van der Waals surface area contributed by atoms with E-state index in [4.69, 9.17) is 18.9 Å². The van der Waals surface area contributed by atoms with E-state index in [1.165, 1.54) is 22.3 Å². The molecule has 1 atom stereocenters. The lowest BCUT2D eigenvalue weighted by Crippen LogP contribution is -2.39. The molecule has 0 N–H and O–H groups in total. The molecular formula is C29H31NO4. The largest absolute Gasteiger partial charge is 0.493 e. The van der Waals surface area contributed by atoms with Crippen LogP contribution in [0, 0.1) is 0 Å². The van der Waals surface area contributed by atoms with Crippen molar-refractivity contribution in [2.45, 2.75) is 51.0 Å². The lowest BCUT2D eigenvalue weighted by Gasteiger charge is -2.42. The quantitative estimate of drug-likeness (QED) is 0.470. The monoisotopic (exact) mass is 457 g/mol. The molecule has 5 heteroatoms. The molecule has 34 heavy (non-hydrogen) atoms. The summed E-state index contributed by atoms with van der Waals surface area (Å²) >= 11 is 0. The predicted octanol–water partition coefficient (Wildman–Crippen LogP) is 5.48. The van der Waals surface area contributed by atoms with E-state index in [-0.39, 0.29) is 0 Å². The fourth-order valence-corrected chi connectivity index (χ4v) is 5.30. The number of methoxy groups -OCH3 is 2. The van der Waals surface area contributed by atoms with Gasteiger partial charge in [-0.05, 0) is 66.1 Å². The van der Waals surface area contributed by atoms with Gasteiger partial charge in [0.2, 0.25) is 0 Å². The third-order valence-electron chi connectivity index (χ3n) is 7.25. The molecule has 0 bridgehead atoms. The molecule has 0 aromatic heterocycles. The first-order chi connectivity index (χ1) is 16.7. The van der Waals surface area contributed by atoms with Crippen molar-refractivity contribution in [2.24, 2.45) is 0 Å². The topological polar surface area (TPSA) is 40.2 Å². The fraction of sp³-hybridized carbons (Fsp3) is 0.379. The molecule has 0 amide bonds. The maximum Gasteiger partial charge on any atom is 0.165 e. The first-order valence-corrected chi connectivity index (χ1v) is 12.2. The maximum absolute atomic E-state index is 6.24. The molecule has 5 nitrogen and oxygen atoms in total. The number of hydrogen-bond acceptors (Lipinski definition) is 5. The summed E-state index contributed by atoms with van der Waals surface area (Å²) in [6.07, 6.45) is 4.59. The maximum atomic E-state index is 6.24. The molecule has 0 saturated heterocycles. The summed E-state index contributed by atoms with van der Waals surface area (Å²) in [5, 5.41) is 0. The van der Waals surface area contributed by atoms with E-state index >= 15 is 0 Å². The van der Waals surface area contributed by atoms with Crippen LogP contribution in [0.5, 0.6) is 23.0 Å². The fourth-order valence-electron chi connectivity index (χ4n) is 5.30. The van der Waals surface area contributed by atoms with Gasteiger partial charge in [0, 0.05) is 24.7 Å². The lowest BCUT2D eigenvalue weighted by molar-refractivity contribution is 0.156. The van der Waals surface area contributed by atoms with Crippen LogP contribution in [0.25, 0.3) is 0 Å². The second kappa shape index (κ2) is 8.88. The molecule has 2 heterocycles. The van der Waals surface area contributed by atoms with Gasteiger partial charge in [0.15, 0.2) is 23.0 Å². The Balaban J connectivity index is 1.30. The minimum atomic E-state index is 0.320. The minimum Gasteiger partial charge on any atom is -0.493 e. The molecule has 176 valence electrons. The van der Waals surface area contributed by atoms with Crippen molar-refractivity contribution < 1.29 is 18.9 Å². The highest BCUT2D eigenvalue weighted by Crippen LogP contribution is 2.46. The highest BCUT2D eigenvalue weighted by Gasteiger charge is 2.35. The molecule has 3 aromatic carbocycles. The van der Waals surface area contributed by atoms with E-state index in [0.29, 0.717) is 18.8 Å². The van der Waals surface area contributed by atoms with Crippen LogP contribution in [-0.2, 0) is 26.0 Å². The number of ether oxygens (including phenoxy) is 4. The van der Waals surface area contributed by atoms with Gasteiger partial charge in [-0.15, -0.1) is 0 Å². The molecule has 3 aliphatic rings. The Labute approximate surface area is 201 Å². The van der Waals surface area contributed by atoms with Crippen LogP contribution in [0.1, 0.15) is 46.7 Å². The zero-order chi connectivity index (χ0) is 23.1. The second-order valence-electron chi connectivity index (χ2n) is 9.47. The van der Waals surface area contributed by atoms with Crippen LogP contribution >= 0.6 is 0 Å². The molecule has 6 rings (SSSR count). The number of nitrogens with zero attached hydrogens (tertiary/aromatic N) is 1. The van der Waals surface area contributed by atoms with Crippen LogP contribution < -0.4 is 18.9 Å². The van der Waals surface area contributed by atoms with Gasteiger partial charge in [0.25, 0.3) is 0 Å². The van der Waals surface area contributed by atoms with Crippen molar-refractivity contribution in [3.8, 4) is 23.0 Å². The Morgan fingerprint density at radius 2 is 1.74 bits per heavy atom. The Morgan fingerprint density at radius 3 is 2.50 bits per heavy atom. The molecule has 1 aliphatic carbocycles. The van der Waals surface area contributed by atoms with Gasteiger partial charge in [-0.25, -0.2) is 0 Å². The van der Waals surface area contributed by atoms with E-state index in [0.717, 1.165) is 67.3 Å². The normalized spacial score (nSPS) is 18.9. The van der Waals surface area contributed by atoms with Crippen LogP contribution in [0.3, 0.4) is 0 Å². The third-order valence-corrected chi connectivity index (χ3v) is 7.25. The molecule has 1 fully saturated rings. The Morgan fingerprint density at radius 1 is 0.882 bits per heavy atom. The van der Waals surface area contributed by atoms with Gasteiger partial charge in [0.05, 0.1) is 20.3 Å². The van der Waals surface area contributed by atoms with E-state index < -0.39 is 0 Å².